The zero-order chi connectivity index (χ0) is 30.6. The normalized spacial score (nSPS) is 14.8. The van der Waals surface area contributed by atoms with Gasteiger partial charge in [-0.15, -0.1) is 0 Å². The molecule has 0 aliphatic carbocycles. The van der Waals surface area contributed by atoms with E-state index in [2.05, 4.69) is 19.9 Å². The summed E-state index contributed by atoms with van der Waals surface area (Å²) in [5, 5.41) is 2.78. The number of carbonyl (C=O) groups is 1. The fourth-order valence-corrected chi connectivity index (χ4v) is 6.94. The van der Waals surface area contributed by atoms with Gasteiger partial charge >= 0.3 is 0 Å². The van der Waals surface area contributed by atoms with Crippen molar-refractivity contribution in [2.24, 2.45) is 0 Å². The highest BCUT2D eigenvalue weighted by atomic mass is 32.2. The number of nitrogens with zero attached hydrogens (tertiary/aromatic N) is 3. The molecule has 0 saturated carbocycles. The molecule has 1 aliphatic heterocycles. The standard InChI is InChI=1S/C30H33N5O6S2/c1-22-3-11-27(12-4-22)42(37,38)33-29(30(36)32-24-7-9-26(10-8-24)34-15-17-41-18-16-34)19-25-20-35(21-31-25)43(39,40)28-13-5-23(2)6-14-28/h3-14,20-21,29,33H,15-19H2,1-2H3,(H,32,36). The van der Waals surface area contributed by atoms with Crippen LogP contribution in [0.25, 0.3) is 0 Å². The number of nitrogens with one attached hydrogen (secondary N) is 2. The summed E-state index contributed by atoms with van der Waals surface area (Å²) in [5.41, 5.74) is 3.47. The highest BCUT2D eigenvalue weighted by molar-refractivity contribution is 7.90. The molecule has 1 saturated heterocycles. The van der Waals surface area contributed by atoms with E-state index in [9.17, 15) is 21.6 Å². The number of morpholine rings is 1. The van der Waals surface area contributed by atoms with Crippen LogP contribution >= 0.6 is 0 Å². The number of carbonyl (C=O) groups excluding carboxylic acids is 1. The fourth-order valence-electron chi connectivity index (χ4n) is 4.59. The average molecular weight is 624 g/mol. The van der Waals surface area contributed by atoms with Crippen molar-refractivity contribution in [2.45, 2.75) is 36.1 Å². The molecule has 2 heterocycles. The number of hydrogen-bond donors (Lipinski definition) is 2. The van der Waals surface area contributed by atoms with E-state index >= 15 is 0 Å². The highest BCUT2D eigenvalue weighted by Gasteiger charge is 2.28. The van der Waals surface area contributed by atoms with E-state index in [0.717, 1.165) is 40.2 Å². The second-order valence-corrected chi connectivity index (χ2v) is 13.9. The Balaban J connectivity index is 1.38. The molecule has 1 atom stereocenters. The molecule has 13 heteroatoms. The lowest BCUT2D eigenvalue weighted by molar-refractivity contribution is -0.117. The number of aryl methyl sites for hydroxylation is 2. The van der Waals surface area contributed by atoms with Gasteiger partial charge in [-0.2, -0.15) is 4.72 Å². The lowest BCUT2D eigenvalue weighted by Gasteiger charge is -2.29. The summed E-state index contributed by atoms with van der Waals surface area (Å²) in [7, 11) is -8.04. The van der Waals surface area contributed by atoms with Crippen molar-refractivity contribution in [1.29, 1.82) is 0 Å². The molecule has 1 amide bonds. The minimum atomic E-state index is -4.11. The average Bonchev–Trinajstić information content (AvgIpc) is 3.48. The first kappa shape index (κ1) is 30.4. The van der Waals surface area contributed by atoms with Crippen LogP contribution in [-0.2, 0) is 36.0 Å². The molecule has 1 aliphatic rings. The summed E-state index contributed by atoms with van der Waals surface area (Å²) in [6.07, 6.45) is 2.23. The van der Waals surface area contributed by atoms with Gasteiger partial charge in [0.2, 0.25) is 15.9 Å². The van der Waals surface area contributed by atoms with Crippen LogP contribution in [0.3, 0.4) is 0 Å². The molecule has 1 aromatic heterocycles. The maximum Gasteiger partial charge on any atom is 0.268 e. The first-order valence-corrected chi connectivity index (χ1v) is 16.6. The van der Waals surface area contributed by atoms with Crippen LogP contribution in [0.15, 0.2) is 95.1 Å². The van der Waals surface area contributed by atoms with Gasteiger partial charge in [0.15, 0.2) is 0 Å². The summed E-state index contributed by atoms with van der Waals surface area (Å²) < 4.78 is 61.6. The predicted octanol–water partition coefficient (Wildman–Crippen LogP) is 3.10. The third kappa shape index (κ3) is 7.31. The third-order valence-corrected chi connectivity index (χ3v) is 10.2. The Morgan fingerprint density at radius 2 is 1.44 bits per heavy atom. The minimum absolute atomic E-state index is 0.00163. The number of aromatic nitrogens is 2. The molecule has 3 aromatic carbocycles. The maximum absolute atomic E-state index is 13.5. The van der Waals surface area contributed by atoms with Gasteiger partial charge in [-0.3, -0.25) is 4.79 Å². The van der Waals surface area contributed by atoms with E-state index in [4.69, 9.17) is 4.74 Å². The number of rotatable bonds is 10. The topological polar surface area (TPSA) is 140 Å². The van der Waals surface area contributed by atoms with Crippen molar-refractivity contribution in [2.75, 3.05) is 36.5 Å². The molecule has 43 heavy (non-hydrogen) atoms. The van der Waals surface area contributed by atoms with Gasteiger partial charge in [0.1, 0.15) is 12.4 Å². The zero-order valence-electron chi connectivity index (χ0n) is 23.8. The molecule has 11 nitrogen and oxygen atoms in total. The van der Waals surface area contributed by atoms with Crippen molar-refractivity contribution in [3.63, 3.8) is 0 Å². The van der Waals surface area contributed by atoms with E-state index in [1.54, 1.807) is 36.4 Å². The molecular formula is C30H33N5O6S2. The van der Waals surface area contributed by atoms with E-state index in [0.29, 0.717) is 18.9 Å². The lowest BCUT2D eigenvalue weighted by atomic mass is 10.1. The summed E-state index contributed by atoms with van der Waals surface area (Å²) >= 11 is 0. The van der Waals surface area contributed by atoms with Gasteiger partial charge in [0.25, 0.3) is 10.0 Å². The molecule has 0 bridgehead atoms. The lowest BCUT2D eigenvalue weighted by Crippen LogP contribution is -2.45. The Kier molecular flexibility index (Phi) is 8.97. The van der Waals surface area contributed by atoms with Gasteiger partial charge < -0.3 is 15.0 Å². The number of ether oxygens (including phenoxy) is 1. The Hall–Kier alpha value is -4.04. The summed E-state index contributed by atoms with van der Waals surface area (Å²) in [4.78, 5) is 19.9. The molecule has 4 aromatic rings. The number of anilines is 2. The second-order valence-electron chi connectivity index (χ2n) is 10.3. The first-order chi connectivity index (χ1) is 20.5. The summed E-state index contributed by atoms with van der Waals surface area (Å²) in [6, 6.07) is 18.6. The molecule has 0 radical (unpaired) electrons. The highest BCUT2D eigenvalue weighted by Crippen LogP contribution is 2.21. The Bertz CT molecular complexity index is 1780. The summed E-state index contributed by atoms with van der Waals surface area (Å²) in [6.45, 7) is 6.51. The quantitative estimate of drug-likeness (QED) is 0.275. The fraction of sp³-hybridized carbons (Fsp3) is 0.267. The van der Waals surface area contributed by atoms with Crippen LogP contribution in [-0.4, -0.2) is 64.0 Å². The van der Waals surface area contributed by atoms with Crippen molar-refractivity contribution < 1.29 is 26.4 Å². The molecule has 0 spiro atoms. The SMILES string of the molecule is Cc1ccc(S(=O)(=O)NC(Cc2cn(S(=O)(=O)c3ccc(C)cc3)cn2)C(=O)Nc2ccc(N3CCOCC3)cc2)cc1. The van der Waals surface area contributed by atoms with Crippen LogP contribution < -0.4 is 14.9 Å². The first-order valence-electron chi connectivity index (χ1n) is 13.7. The predicted molar refractivity (Wildman–Crippen MR) is 163 cm³/mol. The van der Waals surface area contributed by atoms with E-state index in [1.165, 1.54) is 30.5 Å². The van der Waals surface area contributed by atoms with Crippen LogP contribution in [0.1, 0.15) is 16.8 Å². The number of sulfonamides is 1. The molecule has 1 fully saturated rings. The van der Waals surface area contributed by atoms with Crippen molar-refractivity contribution in [3.8, 4) is 0 Å². The number of amides is 1. The largest absolute Gasteiger partial charge is 0.378 e. The van der Waals surface area contributed by atoms with Crippen LogP contribution in [0.5, 0.6) is 0 Å². The minimum Gasteiger partial charge on any atom is -0.378 e. The van der Waals surface area contributed by atoms with Gasteiger partial charge in [0, 0.05) is 37.1 Å². The molecule has 5 rings (SSSR count). The van der Waals surface area contributed by atoms with Crippen molar-refractivity contribution in [1.82, 2.24) is 13.7 Å². The van der Waals surface area contributed by atoms with Crippen LogP contribution in [0.4, 0.5) is 11.4 Å². The Morgan fingerprint density at radius 1 is 0.860 bits per heavy atom. The third-order valence-electron chi connectivity index (χ3n) is 7.08. The number of hydrogen-bond acceptors (Lipinski definition) is 8. The number of benzene rings is 3. The summed E-state index contributed by atoms with van der Waals surface area (Å²) in [5.74, 6) is -0.620. The van der Waals surface area contributed by atoms with Gasteiger partial charge in [-0.25, -0.2) is 25.8 Å². The molecule has 2 N–H and O–H groups in total. The van der Waals surface area contributed by atoms with Crippen LogP contribution in [0.2, 0.25) is 0 Å². The molecular weight excluding hydrogens is 590 g/mol. The van der Waals surface area contributed by atoms with Crippen molar-refractivity contribution >= 4 is 37.3 Å². The van der Waals surface area contributed by atoms with Crippen LogP contribution in [0, 0.1) is 13.8 Å². The Labute approximate surface area is 251 Å². The van der Waals surface area contributed by atoms with Gasteiger partial charge in [0.05, 0.1) is 28.7 Å². The van der Waals surface area contributed by atoms with Gasteiger partial charge in [-0.1, -0.05) is 35.4 Å². The second kappa shape index (κ2) is 12.7. The van der Waals surface area contributed by atoms with E-state index in [-0.39, 0.29) is 21.9 Å². The molecule has 226 valence electrons. The Morgan fingerprint density at radius 3 is 2.05 bits per heavy atom. The smallest absolute Gasteiger partial charge is 0.268 e. The monoisotopic (exact) mass is 623 g/mol. The van der Waals surface area contributed by atoms with Gasteiger partial charge in [-0.05, 0) is 62.4 Å². The van der Waals surface area contributed by atoms with E-state index < -0.39 is 32.0 Å². The van der Waals surface area contributed by atoms with E-state index in [1.807, 2.05) is 26.0 Å². The molecule has 1 unspecified atom stereocenters. The maximum atomic E-state index is 13.5. The zero-order valence-corrected chi connectivity index (χ0v) is 25.4. The number of imidazole rings is 1. The van der Waals surface area contributed by atoms with Crippen molar-refractivity contribution in [3.05, 3.63) is 102 Å².